The fourth-order valence-corrected chi connectivity index (χ4v) is 1.30. The van der Waals surface area contributed by atoms with Crippen LogP contribution in [0.1, 0.15) is 0 Å². The lowest BCUT2D eigenvalue weighted by Crippen LogP contribution is -2.26. The number of hydrogen-bond acceptors (Lipinski definition) is 6. The molecule has 0 bridgehead atoms. The molecule has 1 heterocycles. The topological polar surface area (TPSA) is 86.5 Å². The van der Waals surface area contributed by atoms with Gasteiger partial charge in [-0.3, -0.25) is 0 Å². The van der Waals surface area contributed by atoms with Crippen LogP contribution in [-0.2, 0) is 9.47 Å². The number of nitrogens with zero attached hydrogens (tertiary/aromatic N) is 2. The molecule has 0 saturated heterocycles. The monoisotopic (exact) mass is 241 g/mol. The van der Waals surface area contributed by atoms with Crippen LogP contribution >= 0.6 is 0 Å². The molecule has 17 heavy (non-hydrogen) atoms. The summed E-state index contributed by atoms with van der Waals surface area (Å²) in [5.41, 5.74) is 0.371. The van der Waals surface area contributed by atoms with E-state index in [1.165, 1.54) is 6.20 Å². The molecule has 1 rings (SSSR count). The smallest absolute Gasteiger partial charge is 0.382 e. The highest BCUT2D eigenvalue weighted by molar-refractivity contribution is 5.56. The van der Waals surface area contributed by atoms with Crippen molar-refractivity contribution in [2.75, 3.05) is 32.7 Å². The van der Waals surface area contributed by atoms with Crippen LogP contribution in [0.2, 0.25) is 0 Å². The van der Waals surface area contributed by atoms with Crippen LogP contribution in [0.15, 0.2) is 18.3 Å². The van der Waals surface area contributed by atoms with Crippen molar-refractivity contribution in [1.82, 2.24) is 4.98 Å². The Morgan fingerprint density at radius 3 is 2.94 bits per heavy atom. The number of pyridine rings is 1. The minimum Gasteiger partial charge on any atom is -0.382 e. The van der Waals surface area contributed by atoms with Gasteiger partial charge in [0.1, 0.15) is 11.9 Å². The van der Waals surface area contributed by atoms with Gasteiger partial charge in [0.15, 0.2) is 0 Å². The third-order valence-electron chi connectivity index (χ3n) is 2.17. The maximum atomic E-state index is 10.7. The van der Waals surface area contributed by atoms with Crippen molar-refractivity contribution in [1.29, 1.82) is 0 Å². The van der Waals surface area contributed by atoms with Crippen LogP contribution in [-0.4, -0.2) is 43.4 Å². The second kappa shape index (κ2) is 6.77. The van der Waals surface area contributed by atoms with Crippen molar-refractivity contribution in [2.45, 2.75) is 6.10 Å². The van der Waals surface area contributed by atoms with Crippen molar-refractivity contribution in [3.05, 3.63) is 28.4 Å². The summed E-state index contributed by atoms with van der Waals surface area (Å²) in [7, 11) is 3.13. The molecule has 0 radical (unpaired) electrons. The van der Waals surface area contributed by atoms with Gasteiger partial charge in [-0.2, -0.15) is 0 Å². The van der Waals surface area contributed by atoms with Crippen molar-refractivity contribution >= 4 is 11.5 Å². The fraction of sp³-hybridized carbons (Fsp3) is 0.500. The molecule has 0 aromatic carbocycles. The van der Waals surface area contributed by atoms with Crippen LogP contribution in [0.3, 0.4) is 0 Å². The van der Waals surface area contributed by atoms with Gasteiger partial charge in [0.25, 0.3) is 0 Å². The molecule has 0 fully saturated rings. The molecule has 1 atom stereocenters. The Labute approximate surface area is 98.9 Å². The summed E-state index contributed by atoms with van der Waals surface area (Å²) in [6, 6.07) is 3.23. The summed E-state index contributed by atoms with van der Waals surface area (Å²) >= 11 is 0. The molecule has 0 aliphatic carbocycles. The number of nitro groups is 1. The van der Waals surface area contributed by atoms with Crippen LogP contribution in [0.5, 0.6) is 0 Å². The van der Waals surface area contributed by atoms with Gasteiger partial charge in [-0.15, -0.1) is 0 Å². The molecule has 1 N–H and O–H groups in total. The van der Waals surface area contributed by atoms with E-state index in [0.717, 1.165) is 0 Å². The predicted octanol–water partition coefficient (Wildman–Crippen LogP) is 1.06. The number of nitrogens with one attached hydrogen (secondary N) is 1. The van der Waals surface area contributed by atoms with Gasteiger partial charge in [-0.25, -0.2) is 0 Å². The molecule has 7 nitrogen and oxygen atoms in total. The van der Waals surface area contributed by atoms with Crippen LogP contribution < -0.4 is 5.32 Å². The third kappa shape index (κ3) is 3.97. The lowest BCUT2D eigenvalue weighted by molar-refractivity contribution is -0.388. The lowest BCUT2D eigenvalue weighted by Gasteiger charge is -2.15. The highest BCUT2D eigenvalue weighted by atomic mass is 16.6. The highest BCUT2D eigenvalue weighted by Crippen LogP contribution is 2.19. The average molecular weight is 241 g/mol. The van der Waals surface area contributed by atoms with Gasteiger partial charge in [-0.05, 0) is 22.0 Å². The van der Waals surface area contributed by atoms with Gasteiger partial charge in [0, 0.05) is 20.8 Å². The molecule has 1 unspecified atom stereocenters. The normalized spacial score (nSPS) is 12.1. The second-order valence-electron chi connectivity index (χ2n) is 3.33. The standard InChI is InChI=1S/C10H15N3O4/c1-16-7-8(17-2)6-12-9-4-3-5-11-10(9)13(14)15/h3-5,8,12H,6-7H2,1-2H3. The van der Waals surface area contributed by atoms with E-state index in [0.29, 0.717) is 18.8 Å². The first kappa shape index (κ1) is 13.3. The van der Waals surface area contributed by atoms with Gasteiger partial charge < -0.3 is 24.9 Å². The Balaban J connectivity index is 2.65. The lowest BCUT2D eigenvalue weighted by atomic mass is 10.3. The first-order valence-corrected chi connectivity index (χ1v) is 5.04. The minimum absolute atomic E-state index is 0.167. The van der Waals surface area contributed by atoms with E-state index < -0.39 is 4.92 Å². The Bertz CT molecular complexity index is 372. The highest BCUT2D eigenvalue weighted by Gasteiger charge is 2.15. The van der Waals surface area contributed by atoms with Gasteiger partial charge in [-0.1, -0.05) is 0 Å². The predicted molar refractivity (Wildman–Crippen MR) is 62.1 cm³/mol. The molecule has 94 valence electrons. The Morgan fingerprint density at radius 2 is 2.35 bits per heavy atom. The maximum Gasteiger partial charge on any atom is 0.386 e. The zero-order chi connectivity index (χ0) is 12.7. The number of aromatic nitrogens is 1. The molecule has 1 aromatic rings. The molecule has 0 aliphatic rings. The molecule has 0 spiro atoms. The van der Waals surface area contributed by atoms with E-state index in [-0.39, 0.29) is 11.9 Å². The van der Waals surface area contributed by atoms with Gasteiger partial charge in [0.2, 0.25) is 0 Å². The van der Waals surface area contributed by atoms with E-state index in [2.05, 4.69) is 10.3 Å². The van der Waals surface area contributed by atoms with Crippen molar-refractivity contribution < 1.29 is 14.4 Å². The first-order chi connectivity index (χ1) is 8.19. The fourth-order valence-electron chi connectivity index (χ4n) is 1.30. The zero-order valence-electron chi connectivity index (χ0n) is 9.75. The van der Waals surface area contributed by atoms with Crippen LogP contribution in [0, 0.1) is 10.1 Å². The zero-order valence-corrected chi connectivity index (χ0v) is 9.75. The Morgan fingerprint density at radius 1 is 1.59 bits per heavy atom. The van der Waals surface area contributed by atoms with Crippen LogP contribution in [0.25, 0.3) is 0 Å². The summed E-state index contributed by atoms with van der Waals surface area (Å²) in [5, 5.41) is 13.6. The Kier molecular flexibility index (Phi) is 5.31. The van der Waals surface area contributed by atoms with Gasteiger partial charge >= 0.3 is 5.82 Å². The number of anilines is 1. The van der Waals surface area contributed by atoms with E-state index in [1.807, 2.05) is 0 Å². The quantitative estimate of drug-likeness (QED) is 0.567. The number of methoxy groups -OCH3 is 2. The molecule has 0 aliphatic heterocycles. The summed E-state index contributed by atoms with van der Waals surface area (Å²) in [6.07, 6.45) is 1.21. The molecule has 1 aromatic heterocycles. The molecule has 0 saturated carbocycles. The summed E-state index contributed by atoms with van der Waals surface area (Å²) in [6.45, 7) is 0.828. The number of ether oxygens (including phenoxy) is 2. The third-order valence-corrected chi connectivity index (χ3v) is 2.17. The number of rotatable bonds is 7. The summed E-state index contributed by atoms with van der Waals surface area (Å²) in [4.78, 5) is 13.9. The average Bonchev–Trinajstić information content (AvgIpc) is 2.34. The van der Waals surface area contributed by atoms with Crippen molar-refractivity contribution in [3.63, 3.8) is 0 Å². The van der Waals surface area contributed by atoms with E-state index >= 15 is 0 Å². The number of hydrogen-bond donors (Lipinski definition) is 1. The molecular formula is C10H15N3O4. The minimum atomic E-state index is -0.527. The Hall–Kier alpha value is -1.73. The summed E-state index contributed by atoms with van der Waals surface area (Å²) in [5.74, 6) is -0.195. The SMILES string of the molecule is COCC(CNc1cccnc1[N+](=O)[O-])OC. The first-order valence-electron chi connectivity index (χ1n) is 5.04. The summed E-state index contributed by atoms with van der Waals surface area (Å²) < 4.78 is 10.1. The van der Waals surface area contributed by atoms with Crippen molar-refractivity contribution in [2.24, 2.45) is 0 Å². The largest absolute Gasteiger partial charge is 0.386 e. The molecule has 7 heteroatoms. The van der Waals surface area contributed by atoms with E-state index in [1.54, 1.807) is 26.4 Å². The van der Waals surface area contributed by atoms with Crippen LogP contribution in [0.4, 0.5) is 11.5 Å². The second-order valence-corrected chi connectivity index (χ2v) is 3.33. The molecule has 0 amide bonds. The van der Waals surface area contributed by atoms with Gasteiger partial charge in [0.05, 0.1) is 12.7 Å². The van der Waals surface area contributed by atoms with E-state index in [4.69, 9.17) is 9.47 Å². The van der Waals surface area contributed by atoms with E-state index in [9.17, 15) is 10.1 Å². The van der Waals surface area contributed by atoms with Crippen molar-refractivity contribution in [3.8, 4) is 0 Å². The maximum absolute atomic E-state index is 10.7. The molecular weight excluding hydrogens is 226 g/mol.